The molecule has 0 aliphatic carbocycles. The molecule has 0 fully saturated rings. The molecule has 2 unspecified atom stereocenters. The summed E-state index contributed by atoms with van der Waals surface area (Å²) in [7, 11) is 1.30. The lowest BCUT2D eigenvalue weighted by Crippen LogP contribution is -2.58. The molecule has 0 saturated carbocycles. The summed E-state index contributed by atoms with van der Waals surface area (Å²) in [6.45, 7) is 3.73. The number of hydrogen-bond donors (Lipinski definition) is 6. The van der Waals surface area contributed by atoms with Crippen LogP contribution in [-0.4, -0.2) is 118 Å². The first kappa shape index (κ1) is 37.4. The fourth-order valence-electron chi connectivity index (χ4n) is 4.49. The van der Waals surface area contributed by atoms with E-state index in [9.17, 15) is 19.5 Å². The van der Waals surface area contributed by atoms with Crippen LogP contribution in [0.15, 0.2) is 60.7 Å². The molecular weight excluding hydrogens is 582 g/mol. The highest BCUT2D eigenvalue weighted by Crippen LogP contribution is 2.08. The van der Waals surface area contributed by atoms with Crippen LogP contribution in [0.1, 0.15) is 17.5 Å². The zero-order valence-corrected chi connectivity index (χ0v) is 26.1. The quantitative estimate of drug-likeness (QED) is 0.0588. The van der Waals surface area contributed by atoms with Crippen molar-refractivity contribution in [3.05, 3.63) is 71.8 Å². The van der Waals surface area contributed by atoms with Gasteiger partial charge in [0, 0.05) is 65.4 Å². The summed E-state index contributed by atoms with van der Waals surface area (Å²) in [4.78, 5) is 40.1. The molecule has 2 aromatic carbocycles. The van der Waals surface area contributed by atoms with Gasteiger partial charge in [-0.15, -0.1) is 0 Å². The highest BCUT2D eigenvalue weighted by molar-refractivity contribution is 5.69. The number of benzene rings is 2. The van der Waals surface area contributed by atoms with E-state index in [0.717, 1.165) is 11.1 Å². The maximum absolute atomic E-state index is 12.3. The molecule has 0 spiro atoms. The van der Waals surface area contributed by atoms with Crippen LogP contribution >= 0.6 is 0 Å². The van der Waals surface area contributed by atoms with Crippen LogP contribution in [0.4, 0.5) is 9.59 Å². The number of carbonyl (C=O) groups is 3. The number of nitrogens with one attached hydrogen (secondary N) is 3. The number of hydrogen-bond acceptors (Lipinski definition) is 12. The molecule has 0 aliphatic rings. The molecule has 2 aromatic rings. The summed E-state index contributed by atoms with van der Waals surface area (Å²) >= 11 is 0. The standard InChI is InChI=1S/C31H49N7O7/c1-43-28(39)12-15-34-29(40)27(38(19-14-33)21-17-36-31(42)45-24-26-10-6-3-7-11-26)22-37(18-13-32)20-16-35-30(41)44-23-25-8-4-2-5-9-25/h2-11,27,29,34,40H,12-24,32-33H2,1H3,(H,35,41)(H,36,42). The van der Waals surface area contributed by atoms with E-state index in [2.05, 4.69) is 16.0 Å². The Morgan fingerprint density at radius 1 is 0.778 bits per heavy atom. The minimum atomic E-state index is -1.06. The Kier molecular flexibility index (Phi) is 18.8. The molecule has 0 saturated heterocycles. The van der Waals surface area contributed by atoms with Gasteiger partial charge in [-0.25, -0.2) is 9.59 Å². The maximum atomic E-state index is 12.3. The van der Waals surface area contributed by atoms with Crippen LogP contribution in [0.5, 0.6) is 0 Å². The van der Waals surface area contributed by atoms with Gasteiger partial charge in [0.05, 0.1) is 19.6 Å². The number of alkyl carbamates (subject to hydrolysis) is 2. The number of carbonyl (C=O) groups excluding carboxylic acids is 3. The van der Waals surface area contributed by atoms with Crippen molar-refractivity contribution in [2.24, 2.45) is 11.5 Å². The third-order valence-electron chi connectivity index (χ3n) is 6.84. The van der Waals surface area contributed by atoms with Crippen LogP contribution in [-0.2, 0) is 32.2 Å². The van der Waals surface area contributed by atoms with E-state index in [1.54, 1.807) is 0 Å². The van der Waals surface area contributed by atoms with Gasteiger partial charge in [-0.1, -0.05) is 60.7 Å². The van der Waals surface area contributed by atoms with Crippen molar-refractivity contribution in [1.82, 2.24) is 25.8 Å². The Morgan fingerprint density at radius 3 is 1.82 bits per heavy atom. The molecule has 14 nitrogen and oxygen atoms in total. The van der Waals surface area contributed by atoms with Crippen LogP contribution in [0, 0.1) is 0 Å². The minimum absolute atomic E-state index is 0.0769. The van der Waals surface area contributed by atoms with Gasteiger partial charge in [-0.3, -0.25) is 19.9 Å². The summed E-state index contributed by atoms with van der Waals surface area (Å²) in [5, 5.41) is 19.7. The largest absolute Gasteiger partial charge is 0.469 e. The lowest BCUT2D eigenvalue weighted by molar-refractivity contribution is -0.140. The molecule has 0 bridgehead atoms. The van der Waals surface area contributed by atoms with Gasteiger partial charge in [0.15, 0.2) is 0 Å². The molecule has 8 N–H and O–H groups in total. The summed E-state index contributed by atoms with van der Waals surface area (Å²) in [5.74, 6) is -0.404. The predicted molar refractivity (Wildman–Crippen MR) is 170 cm³/mol. The molecule has 0 heterocycles. The number of rotatable bonds is 22. The number of methoxy groups -OCH3 is 1. The topological polar surface area (TPSA) is 194 Å². The number of aliphatic hydroxyl groups is 1. The maximum Gasteiger partial charge on any atom is 0.407 e. The van der Waals surface area contributed by atoms with E-state index in [0.29, 0.717) is 45.8 Å². The van der Waals surface area contributed by atoms with E-state index < -0.39 is 30.4 Å². The first-order chi connectivity index (χ1) is 21.9. The number of esters is 1. The van der Waals surface area contributed by atoms with Crippen molar-refractivity contribution in [3.63, 3.8) is 0 Å². The third-order valence-corrected chi connectivity index (χ3v) is 6.84. The predicted octanol–water partition coefficient (Wildman–Crippen LogP) is 0.200. The number of amides is 2. The van der Waals surface area contributed by atoms with Gasteiger partial charge in [0.25, 0.3) is 0 Å². The Hall–Kier alpha value is -3.79. The molecular formula is C31H49N7O7. The lowest BCUT2D eigenvalue weighted by Gasteiger charge is -2.38. The van der Waals surface area contributed by atoms with Crippen molar-refractivity contribution in [3.8, 4) is 0 Å². The average Bonchev–Trinajstić information content (AvgIpc) is 3.05. The Morgan fingerprint density at radius 2 is 1.31 bits per heavy atom. The van der Waals surface area contributed by atoms with Crippen molar-refractivity contribution < 1.29 is 33.7 Å². The summed E-state index contributed by atoms with van der Waals surface area (Å²) in [6.07, 6.45) is -2.08. The Labute approximate surface area is 265 Å². The SMILES string of the molecule is COC(=O)CCNC(O)C(CN(CCN)CCNC(=O)OCc1ccccc1)N(CCN)CCNC(=O)OCc1ccccc1. The van der Waals surface area contributed by atoms with Gasteiger partial charge in [-0.05, 0) is 11.1 Å². The van der Waals surface area contributed by atoms with Gasteiger partial charge in [-0.2, -0.15) is 0 Å². The number of ether oxygens (including phenoxy) is 3. The second-order valence-corrected chi connectivity index (χ2v) is 10.2. The van der Waals surface area contributed by atoms with Gasteiger partial charge >= 0.3 is 18.2 Å². The summed E-state index contributed by atoms with van der Waals surface area (Å²) < 4.78 is 15.3. The monoisotopic (exact) mass is 631 g/mol. The zero-order chi connectivity index (χ0) is 32.7. The lowest BCUT2D eigenvalue weighted by atomic mass is 10.1. The van der Waals surface area contributed by atoms with Crippen molar-refractivity contribution >= 4 is 18.2 Å². The number of aliphatic hydroxyl groups excluding tert-OH is 1. The first-order valence-electron chi connectivity index (χ1n) is 15.1. The summed E-state index contributed by atoms with van der Waals surface area (Å²) in [6, 6.07) is 18.2. The Balaban J connectivity index is 1.98. The van der Waals surface area contributed by atoms with Crippen molar-refractivity contribution in [2.75, 3.05) is 72.6 Å². The van der Waals surface area contributed by atoms with Crippen LogP contribution in [0.2, 0.25) is 0 Å². The fraction of sp³-hybridized carbons (Fsp3) is 0.516. The van der Waals surface area contributed by atoms with Crippen molar-refractivity contribution in [2.45, 2.75) is 31.9 Å². The molecule has 0 aromatic heterocycles. The van der Waals surface area contributed by atoms with E-state index in [-0.39, 0.29) is 39.3 Å². The van der Waals surface area contributed by atoms with Gasteiger partial charge in [0.2, 0.25) is 0 Å². The average molecular weight is 632 g/mol. The van der Waals surface area contributed by atoms with E-state index in [4.69, 9.17) is 25.7 Å². The van der Waals surface area contributed by atoms with Crippen molar-refractivity contribution in [1.29, 1.82) is 0 Å². The smallest absolute Gasteiger partial charge is 0.407 e. The molecule has 0 aliphatic heterocycles. The van der Waals surface area contributed by atoms with Crippen LogP contribution in [0.25, 0.3) is 0 Å². The zero-order valence-electron chi connectivity index (χ0n) is 26.1. The summed E-state index contributed by atoms with van der Waals surface area (Å²) in [5.41, 5.74) is 13.6. The highest BCUT2D eigenvalue weighted by Gasteiger charge is 2.28. The molecule has 0 radical (unpaired) electrons. The molecule has 2 amide bonds. The second kappa shape index (κ2) is 22.7. The Bertz CT molecular complexity index is 1100. The van der Waals surface area contributed by atoms with E-state index >= 15 is 0 Å². The number of nitrogens with zero attached hydrogens (tertiary/aromatic N) is 2. The molecule has 45 heavy (non-hydrogen) atoms. The molecule has 14 heteroatoms. The van der Waals surface area contributed by atoms with Gasteiger partial charge in [0.1, 0.15) is 19.4 Å². The molecule has 2 rings (SSSR count). The third kappa shape index (κ3) is 16.2. The fourth-order valence-corrected chi connectivity index (χ4v) is 4.49. The van der Waals surface area contributed by atoms with E-state index in [1.165, 1.54) is 7.11 Å². The van der Waals surface area contributed by atoms with Gasteiger partial charge < -0.3 is 41.4 Å². The normalized spacial score (nSPS) is 12.4. The second-order valence-electron chi connectivity index (χ2n) is 10.2. The van der Waals surface area contributed by atoms with Crippen LogP contribution < -0.4 is 27.4 Å². The first-order valence-corrected chi connectivity index (χ1v) is 15.1. The van der Waals surface area contributed by atoms with Crippen LogP contribution in [0.3, 0.4) is 0 Å². The van der Waals surface area contributed by atoms with E-state index in [1.807, 2.05) is 70.5 Å². The molecule has 2 atom stereocenters. The molecule has 250 valence electrons. The number of nitrogens with two attached hydrogens (primary N) is 2. The minimum Gasteiger partial charge on any atom is -0.469 e. The highest BCUT2D eigenvalue weighted by atomic mass is 16.6.